The Hall–Kier alpha value is -1.10. The number of hydrogen-bond acceptors (Lipinski definition) is 4. The molecule has 2 N–H and O–H groups in total. The van der Waals surface area contributed by atoms with E-state index in [1.165, 1.54) is 0 Å². The molecule has 0 aliphatic rings. The van der Waals surface area contributed by atoms with Crippen LogP contribution in [0.25, 0.3) is 0 Å². The lowest BCUT2D eigenvalue weighted by molar-refractivity contribution is -0.239. The van der Waals surface area contributed by atoms with E-state index in [2.05, 4.69) is 4.89 Å². The maximum absolute atomic E-state index is 10.7. The van der Waals surface area contributed by atoms with E-state index in [0.29, 0.717) is 6.42 Å². The summed E-state index contributed by atoms with van der Waals surface area (Å²) in [6, 6.07) is 0. The Morgan fingerprint density at radius 1 is 1.50 bits per heavy atom. The van der Waals surface area contributed by atoms with Crippen molar-refractivity contribution in [2.24, 2.45) is 5.92 Å². The zero-order valence-electron chi connectivity index (χ0n) is 6.82. The van der Waals surface area contributed by atoms with E-state index in [1.54, 1.807) is 6.92 Å². The fourth-order valence-corrected chi connectivity index (χ4v) is 0.861. The smallest absolute Gasteiger partial charge is 0.345 e. The third kappa shape index (κ3) is 3.92. The molecule has 70 valence electrons. The molecule has 0 fully saturated rings. The van der Waals surface area contributed by atoms with Gasteiger partial charge in [0.05, 0.1) is 5.92 Å². The highest BCUT2D eigenvalue weighted by molar-refractivity contribution is 5.73. The van der Waals surface area contributed by atoms with Crippen molar-refractivity contribution in [1.82, 2.24) is 0 Å². The Balaban J connectivity index is 3.83. The van der Waals surface area contributed by atoms with E-state index in [9.17, 15) is 9.59 Å². The highest BCUT2D eigenvalue weighted by Crippen LogP contribution is 2.12. The summed E-state index contributed by atoms with van der Waals surface area (Å²) in [4.78, 5) is 24.3. The van der Waals surface area contributed by atoms with E-state index in [0.717, 1.165) is 0 Å². The molecule has 0 aliphatic heterocycles. The van der Waals surface area contributed by atoms with E-state index in [1.807, 2.05) is 0 Å². The number of hydrogen-bond donors (Lipinski definition) is 2. The van der Waals surface area contributed by atoms with Gasteiger partial charge in [0.15, 0.2) is 0 Å². The van der Waals surface area contributed by atoms with Gasteiger partial charge in [-0.2, -0.15) is 5.26 Å². The molecule has 0 spiro atoms. The van der Waals surface area contributed by atoms with E-state index >= 15 is 0 Å². The average Bonchev–Trinajstić information content (AvgIpc) is 2.04. The van der Waals surface area contributed by atoms with Gasteiger partial charge in [-0.1, -0.05) is 6.92 Å². The number of carboxylic acids is 1. The molecule has 5 nitrogen and oxygen atoms in total. The minimum Gasteiger partial charge on any atom is -0.481 e. The number of carbonyl (C=O) groups is 2. The summed E-state index contributed by atoms with van der Waals surface area (Å²) >= 11 is 0. The summed E-state index contributed by atoms with van der Waals surface area (Å²) in [7, 11) is 0. The van der Waals surface area contributed by atoms with Gasteiger partial charge in [-0.3, -0.25) is 4.79 Å². The van der Waals surface area contributed by atoms with Gasteiger partial charge in [-0.15, -0.1) is 0 Å². The van der Waals surface area contributed by atoms with Crippen molar-refractivity contribution in [2.45, 2.75) is 26.2 Å². The summed E-state index contributed by atoms with van der Waals surface area (Å²) in [6.07, 6.45) is 0.575. The van der Waals surface area contributed by atoms with Crippen LogP contribution in [-0.4, -0.2) is 22.3 Å². The van der Waals surface area contributed by atoms with Gasteiger partial charge >= 0.3 is 11.9 Å². The van der Waals surface area contributed by atoms with E-state index in [4.69, 9.17) is 10.4 Å². The number of aliphatic carboxylic acids is 1. The molecule has 0 aliphatic carbocycles. The van der Waals surface area contributed by atoms with Gasteiger partial charge in [0, 0.05) is 6.42 Å². The van der Waals surface area contributed by atoms with Crippen LogP contribution in [0.5, 0.6) is 0 Å². The molecule has 0 rings (SSSR count). The number of carboxylic acid groups (broad SMARTS) is 1. The van der Waals surface area contributed by atoms with Crippen molar-refractivity contribution < 1.29 is 24.8 Å². The zero-order valence-corrected chi connectivity index (χ0v) is 6.82. The summed E-state index contributed by atoms with van der Waals surface area (Å²) in [6.45, 7) is 1.73. The van der Waals surface area contributed by atoms with Gasteiger partial charge in [0.25, 0.3) is 0 Å². The van der Waals surface area contributed by atoms with E-state index < -0.39 is 17.9 Å². The van der Waals surface area contributed by atoms with Crippen LogP contribution in [-0.2, 0) is 14.5 Å². The number of rotatable bonds is 5. The first kappa shape index (κ1) is 10.9. The van der Waals surface area contributed by atoms with Crippen LogP contribution in [0.2, 0.25) is 0 Å². The van der Waals surface area contributed by atoms with Gasteiger partial charge in [-0.05, 0) is 12.8 Å². The van der Waals surface area contributed by atoms with Gasteiger partial charge < -0.3 is 9.99 Å². The monoisotopic (exact) mass is 176 g/mol. The summed E-state index contributed by atoms with van der Waals surface area (Å²) in [5.74, 6) is -2.25. The predicted molar refractivity (Wildman–Crippen MR) is 39.4 cm³/mol. The summed E-state index contributed by atoms with van der Waals surface area (Å²) in [5.41, 5.74) is 0. The Bertz CT molecular complexity index is 165. The minimum atomic E-state index is -0.959. The molecule has 0 aromatic rings. The Kier molecular flexibility index (Phi) is 5.03. The Labute approximate surface area is 69.9 Å². The molecule has 1 unspecified atom stereocenters. The van der Waals surface area contributed by atoms with E-state index in [-0.39, 0.29) is 12.8 Å². The molecule has 0 aromatic heterocycles. The van der Waals surface area contributed by atoms with Crippen molar-refractivity contribution in [3.63, 3.8) is 0 Å². The van der Waals surface area contributed by atoms with Crippen molar-refractivity contribution in [3.05, 3.63) is 0 Å². The van der Waals surface area contributed by atoms with Crippen LogP contribution in [0.15, 0.2) is 0 Å². The Morgan fingerprint density at radius 2 is 2.08 bits per heavy atom. The summed E-state index contributed by atoms with van der Waals surface area (Å²) < 4.78 is 0. The second-order valence-corrected chi connectivity index (χ2v) is 2.45. The molecule has 0 aromatic carbocycles. The lowest BCUT2D eigenvalue weighted by Crippen LogP contribution is -2.16. The maximum Gasteiger partial charge on any atom is 0.345 e. The fraction of sp³-hybridized carbons (Fsp3) is 0.714. The molecule has 0 heterocycles. The zero-order chi connectivity index (χ0) is 9.56. The van der Waals surface area contributed by atoms with Crippen LogP contribution < -0.4 is 0 Å². The molecule has 12 heavy (non-hydrogen) atoms. The molecule has 1 atom stereocenters. The highest BCUT2D eigenvalue weighted by Gasteiger charge is 2.18. The standard InChI is InChI=1S/C7H12O5/c1-2-5(7(10)12-11)3-4-6(8)9/h5,11H,2-4H2,1H3,(H,8,9). The second kappa shape index (κ2) is 5.54. The summed E-state index contributed by atoms with van der Waals surface area (Å²) in [5, 5.41) is 16.3. The quantitative estimate of drug-likeness (QED) is 0.480. The fourth-order valence-electron chi connectivity index (χ4n) is 0.861. The Morgan fingerprint density at radius 3 is 2.42 bits per heavy atom. The van der Waals surface area contributed by atoms with Crippen LogP contribution in [0, 0.1) is 5.92 Å². The van der Waals surface area contributed by atoms with Gasteiger partial charge in [-0.25, -0.2) is 4.79 Å². The molecule has 0 saturated carbocycles. The van der Waals surface area contributed by atoms with Crippen molar-refractivity contribution in [2.75, 3.05) is 0 Å². The highest BCUT2D eigenvalue weighted by atomic mass is 17.1. The van der Waals surface area contributed by atoms with Crippen LogP contribution in [0.1, 0.15) is 26.2 Å². The SMILES string of the molecule is CCC(CCC(=O)O)C(=O)OO. The maximum atomic E-state index is 10.7. The molecule has 0 amide bonds. The first-order valence-corrected chi connectivity index (χ1v) is 3.68. The largest absolute Gasteiger partial charge is 0.481 e. The van der Waals surface area contributed by atoms with Crippen molar-refractivity contribution in [3.8, 4) is 0 Å². The molecular formula is C7H12O5. The molecule has 0 radical (unpaired) electrons. The molecule has 0 bridgehead atoms. The lowest BCUT2D eigenvalue weighted by Gasteiger charge is -2.07. The lowest BCUT2D eigenvalue weighted by atomic mass is 10.0. The van der Waals surface area contributed by atoms with Gasteiger partial charge in [0.2, 0.25) is 0 Å². The first-order chi connectivity index (χ1) is 5.61. The average molecular weight is 176 g/mol. The molecule has 0 saturated heterocycles. The minimum absolute atomic E-state index is 0.0897. The topological polar surface area (TPSA) is 83.8 Å². The van der Waals surface area contributed by atoms with Crippen LogP contribution >= 0.6 is 0 Å². The van der Waals surface area contributed by atoms with Crippen molar-refractivity contribution >= 4 is 11.9 Å². The normalized spacial score (nSPS) is 12.2. The first-order valence-electron chi connectivity index (χ1n) is 3.68. The third-order valence-corrected chi connectivity index (χ3v) is 1.62. The molecular weight excluding hydrogens is 164 g/mol. The van der Waals surface area contributed by atoms with Gasteiger partial charge in [0.1, 0.15) is 0 Å². The predicted octanol–water partition coefficient (Wildman–Crippen LogP) is 0.894. The third-order valence-electron chi connectivity index (χ3n) is 1.62. The van der Waals surface area contributed by atoms with Crippen molar-refractivity contribution in [1.29, 1.82) is 0 Å². The van der Waals surface area contributed by atoms with Crippen LogP contribution in [0.3, 0.4) is 0 Å². The van der Waals surface area contributed by atoms with Crippen LogP contribution in [0.4, 0.5) is 0 Å². The second-order valence-electron chi connectivity index (χ2n) is 2.45. The molecule has 5 heteroatoms. The number of carbonyl (C=O) groups excluding carboxylic acids is 1.